The lowest BCUT2D eigenvalue weighted by Gasteiger charge is -2.37. The first-order chi connectivity index (χ1) is 6.31. The van der Waals surface area contributed by atoms with Crippen molar-refractivity contribution in [3.63, 3.8) is 0 Å². The first kappa shape index (κ1) is 9.03. The monoisotopic (exact) mass is 215 g/mol. The van der Waals surface area contributed by atoms with Crippen LogP contribution in [-0.2, 0) is 0 Å². The number of hydrogen-bond acceptors (Lipinski definition) is 2. The number of rotatable bonds is 2. The van der Waals surface area contributed by atoms with Crippen LogP contribution in [0.25, 0.3) is 0 Å². The van der Waals surface area contributed by atoms with Gasteiger partial charge in [0.05, 0.1) is 4.88 Å². The molecular formula is C9H10ClNOS. The molecule has 1 amide bonds. The standard InChI is InChI=1S/C9H10ClNOS/c10-4-7-5-11(6-7)9(12)8-2-1-3-13-8/h1-3,7H,4-6H2. The Kier molecular flexibility index (Phi) is 2.56. The highest BCUT2D eigenvalue weighted by molar-refractivity contribution is 7.12. The minimum absolute atomic E-state index is 0.149. The molecule has 2 rings (SSSR count). The number of alkyl halides is 1. The smallest absolute Gasteiger partial charge is 0.263 e. The molecule has 4 heteroatoms. The van der Waals surface area contributed by atoms with Crippen LogP contribution in [0.4, 0.5) is 0 Å². The van der Waals surface area contributed by atoms with Gasteiger partial charge in [-0.25, -0.2) is 0 Å². The molecular weight excluding hydrogens is 206 g/mol. The molecule has 0 aromatic carbocycles. The van der Waals surface area contributed by atoms with Gasteiger partial charge in [0, 0.05) is 24.9 Å². The van der Waals surface area contributed by atoms with E-state index in [4.69, 9.17) is 11.6 Å². The number of thiophene rings is 1. The third kappa shape index (κ3) is 1.71. The number of nitrogens with zero attached hydrogens (tertiary/aromatic N) is 1. The van der Waals surface area contributed by atoms with Gasteiger partial charge in [-0.2, -0.15) is 0 Å². The van der Waals surface area contributed by atoms with Crippen molar-refractivity contribution in [2.75, 3.05) is 19.0 Å². The summed E-state index contributed by atoms with van der Waals surface area (Å²) < 4.78 is 0. The zero-order valence-electron chi connectivity index (χ0n) is 7.07. The summed E-state index contributed by atoms with van der Waals surface area (Å²) in [4.78, 5) is 14.3. The molecule has 0 unspecified atom stereocenters. The van der Waals surface area contributed by atoms with Gasteiger partial charge >= 0.3 is 0 Å². The molecule has 0 N–H and O–H groups in total. The molecule has 2 heterocycles. The maximum atomic E-state index is 11.6. The van der Waals surface area contributed by atoms with Gasteiger partial charge in [-0.3, -0.25) is 4.79 Å². The molecule has 1 aromatic heterocycles. The molecule has 1 aliphatic heterocycles. The number of likely N-dealkylation sites (tertiary alicyclic amines) is 1. The van der Waals surface area contributed by atoms with Crippen LogP contribution in [-0.4, -0.2) is 29.8 Å². The SMILES string of the molecule is O=C(c1cccs1)N1CC(CCl)C1. The van der Waals surface area contributed by atoms with Crippen LogP contribution in [0.1, 0.15) is 9.67 Å². The molecule has 1 saturated heterocycles. The Morgan fingerprint density at radius 3 is 3.00 bits per heavy atom. The zero-order valence-corrected chi connectivity index (χ0v) is 8.64. The van der Waals surface area contributed by atoms with Crippen LogP contribution in [0.15, 0.2) is 17.5 Å². The van der Waals surface area contributed by atoms with E-state index in [0.717, 1.165) is 18.0 Å². The molecule has 0 radical (unpaired) electrons. The molecule has 1 fully saturated rings. The van der Waals surface area contributed by atoms with Crippen molar-refractivity contribution in [3.05, 3.63) is 22.4 Å². The molecule has 1 aliphatic rings. The third-order valence-corrected chi connectivity index (χ3v) is 3.49. The minimum atomic E-state index is 0.149. The van der Waals surface area contributed by atoms with E-state index >= 15 is 0 Å². The van der Waals surface area contributed by atoms with Crippen LogP contribution in [0, 0.1) is 5.92 Å². The lowest BCUT2D eigenvalue weighted by atomic mass is 10.0. The van der Waals surface area contributed by atoms with E-state index in [-0.39, 0.29) is 5.91 Å². The lowest BCUT2D eigenvalue weighted by Crippen LogP contribution is -2.50. The van der Waals surface area contributed by atoms with E-state index in [1.54, 1.807) is 0 Å². The third-order valence-electron chi connectivity index (χ3n) is 2.19. The van der Waals surface area contributed by atoms with Crippen molar-refractivity contribution in [2.45, 2.75) is 0 Å². The van der Waals surface area contributed by atoms with Crippen molar-refractivity contribution in [1.82, 2.24) is 4.90 Å². The van der Waals surface area contributed by atoms with Crippen LogP contribution < -0.4 is 0 Å². The maximum absolute atomic E-state index is 11.6. The molecule has 0 saturated carbocycles. The summed E-state index contributed by atoms with van der Waals surface area (Å²) >= 11 is 7.16. The average Bonchev–Trinajstić information content (AvgIpc) is 2.53. The Morgan fingerprint density at radius 2 is 2.46 bits per heavy atom. The fourth-order valence-corrected chi connectivity index (χ4v) is 2.28. The number of carbonyl (C=O) groups excluding carboxylic acids is 1. The van der Waals surface area contributed by atoms with Crippen molar-refractivity contribution in [1.29, 1.82) is 0 Å². The first-order valence-electron chi connectivity index (χ1n) is 4.20. The Hall–Kier alpha value is -0.540. The lowest BCUT2D eigenvalue weighted by molar-refractivity contribution is 0.0541. The van der Waals surface area contributed by atoms with E-state index < -0.39 is 0 Å². The van der Waals surface area contributed by atoms with Crippen LogP contribution in [0.5, 0.6) is 0 Å². The molecule has 0 atom stereocenters. The van der Waals surface area contributed by atoms with E-state index in [1.807, 2.05) is 22.4 Å². The second-order valence-electron chi connectivity index (χ2n) is 3.21. The summed E-state index contributed by atoms with van der Waals surface area (Å²) in [6, 6.07) is 3.76. The largest absolute Gasteiger partial charge is 0.337 e. The average molecular weight is 216 g/mol. The van der Waals surface area contributed by atoms with Gasteiger partial charge in [-0.15, -0.1) is 22.9 Å². The summed E-state index contributed by atoms with van der Waals surface area (Å²) in [6.07, 6.45) is 0. The van der Waals surface area contributed by atoms with Crippen LogP contribution >= 0.6 is 22.9 Å². The van der Waals surface area contributed by atoms with Gasteiger partial charge in [-0.05, 0) is 11.4 Å². The summed E-state index contributed by atoms with van der Waals surface area (Å²) in [5.41, 5.74) is 0. The summed E-state index contributed by atoms with van der Waals surface area (Å²) in [7, 11) is 0. The normalized spacial score (nSPS) is 17.2. The molecule has 0 spiro atoms. The predicted octanol–water partition coefficient (Wildman–Crippen LogP) is 2.06. The topological polar surface area (TPSA) is 20.3 Å². The van der Waals surface area contributed by atoms with E-state index in [9.17, 15) is 4.79 Å². The summed E-state index contributed by atoms with van der Waals surface area (Å²) in [5, 5.41) is 1.92. The van der Waals surface area contributed by atoms with Crippen molar-refractivity contribution < 1.29 is 4.79 Å². The predicted molar refractivity (Wildman–Crippen MR) is 54.4 cm³/mol. The molecule has 1 aromatic rings. The van der Waals surface area contributed by atoms with Crippen molar-refractivity contribution >= 4 is 28.8 Å². The van der Waals surface area contributed by atoms with E-state index in [1.165, 1.54) is 11.3 Å². The Bertz CT molecular complexity index is 293. The fraction of sp³-hybridized carbons (Fsp3) is 0.444. The number of amides is 1. The highest BCUT2D eigenvalue weighted by Crippen LogP contribution is 2.21. The number of hydrogen-bond donors (Lipinski definition) is 0. The van der Waals surface area contributed by atoms with Crippen LogP contribution in [0.3, 0.4) is 0 Å². The second kappa shape index (κ2) is 3.68. The molecule has 2 nitrogen and oxygen atoms in total. The molecule has 13 heavy (non-hydrogen) atoms. The van der Waals surface area contributed by atoms with E-state index in [2.05, 4.69) is 0 Å². The quantitative estimate of drug-likeness (QED) is 0.692. The summed E-state index contributed by atoms with van der Waals surface area (Å²) in [5.74, 6) is 1.32. The Labute approximate surface area is 86.1 Å². The van der Waals surface area contributed by atoms with Crippen LogP contribution in [0.2, 0.25) is 0 Å². The molecule has 0 aliphatic carbocycles. The number of halogens is 1. The Morgan fingerprint density at radius 1 is 1.69 bits per heavy atom. The summed E-state index contributed by atoms with van der Waals surface area (Å²) in [6.45, 7) is 1.64. The maximum Gasteiger partial charge on any atom is 0.263 e. The van der Waals surface area contributed by atoms with Gasteiger partial charge in [0.15, 0.2) is 0 Å². The fourth-order valence-electron chi connectivity index (χ4n) is 1.39. The van der Waals surface area contributed by atoms with Gasteiger partial charge in [0.25, 0.3) is 5.91 Å². The minimum Gasteiger partial charge on any atom is -0.337 e. The van der Waals surface area contributed by atoms with Gasteiger partial charge in [-0.1, -0.05) is 6.07 Å². The second-order valence-corrected chi connectivity index (χ2v) is 4.46. The zero-order chi connectivity index (χ0) is 9.26. The van der Waals surface area contributed by atoms with Gasteiger partial charge in [0.2, 0.25) is 0 Å². The highest BCUT2D eigenvalue weighted by atomic mass is 35.5. The highest BCUT2D eigenvalue weighted by Gasteiger charge is 2.30. The van der Waals surface area contributed by atoms with Crippen molar-refractivity contribution in [2.24, 2.45) is 5.92 Å². The Balaban J connectivity index is 1.94. The van der Waals surface area contributed by atoms with Crippen molar-refractivity contribution in [3.8, 4) is 0 Å². The van der Waals surface area contributed by atoms with Gasteiger partial charge in [0.1, 0.15) is 0 Å². The number of carbonyl (C=O) groups is 1. The van der Waals surface area contributed by atoms with E-state index in [0.29, 0.717) is 11.8 Å². The molecule has 70 valence electrons. The first-order valence-corrected chi connectivity index (χ1v) is 5.61. The van der Waals surface area contributed by atoms with Gasteiger partial charge < -0.3 is 4.90 Å². The molecule has 0 bridgehead atoms.